The van der Waals surface area contributed by atoms with Gasteiger partial charge in [0.2, 0.25) is 0 Å². The van der Waals surface area contributed by atoms with Crippen LogP contribution in [0.3, 0.4) is 0 Å². The number of nitrogens with one attached hydrogen (secondary N) is 1. The molecule has 3 rings (SSSR count). The lowest BCUT2D eigenvalue weighted by molar-refractivity contribution is -0.131. The molecule has 8 nitrogen and oxygen atoms in total. The van der Waals surface area contributed by atoms with Gasteiger partial charge in [0.25, 0.3) is 5.91 Å². The maximum Gasteiger partial charge on any atom is 0.325 e. The number of Topliss-reactive ketones (excluding diaryl/α,β-unsaturated/α-hetero) is 1. The van der Waals surface area contributed by atoms with E-state index < -0.39 is 17.5 Å². The van der Waals surface area contributed by atoms with Gasteiger partial charge in [-0.2, -0.15) is 0 Å². The van der Waals surface area contributed by atoms with Crippen LogP contribution in [0.5, 0.6) is 5.75 Å². The van der Waals surface area contributed by atoms with Crippen LogP contribution in [0.2, 0.25) is 0 Å². The fraction of sp³-hybridized carbons (Fsp3) is 0.435. The Morgan fingerprint density at radius 1 is 1.13 bits per heavy atom. The van der Waals surface area contributed by atoms with Crippen LogP contribution in [-0.2, 0) is 21.6 Å². The first kappa shape index (κ1) is 22.6. The van der Waals surface area contributed by atoms with Gasteiger partial charge in [-0.05, 0) is 44.0 Å². The minimum atomic E-state index is -1.20. The number of imide groups is 1. The van der Waals surface area contributed by atoms with Crippen molar-refractivity contribution in [2.24, 2.45) is 0 Å². The van der Waals surface area contributed by atoms with Gasteiger partial charge in [0.1, 0.15) is 11.3 Å². The van der Waals surface area contributed by atoms with E-state index >= 15 is 0 Å². The summed E-state index contributed by atoms with van der Waals surface area (Å²) in [5, 5.41) is 2.81. The first-order valence-electron chi connectivity index (χ1n) is 10.3. The Morgan fingerprint density at radius 3 is 2.39 bits per heavy atom. The molecule has 1 aliphatic rings. The van der Waals surface area contributed by atoms with Gasteiger partial charge in [-0.25, -0.2) is 4.79 Å². The average Bonchev–Trinajstić information content (AvgIpc) is 3.19. The number of benzene rings is 1. The van der Waals surface area contributed by atoms with E-state index in [0.29, 0.717) is 36.4 Å². The van der Waals surface area contributed by atoms with Crippen molar-refractivity contribution >= 4 is 17.7 Å². The predicted octanol–water partition coefficient (Wildman–Crippen LogP) is 2.80. The van der Waals surface area contributed by atoms with E-state index in [1.807, 2.05) is 25.3 Å². The van der Waals surface area contributed by atoms with Gasteiger partial charge >= 0.3 is 6.03 Å². The molecule has 1 saturated heterocycles. The number of ether oxygens (including phenoxy) is 2. The molecule has 166 valence electrons. The molecular weight excluding hydrogens is 398 g/mol. The molecule has 0 radical (unpaired) electrons. The van der Waals surface area contributed by atoms with Crippen molar-refractivity contribution in [1.82, 2.24) is 14.8 Å². The molecule has 0 saturated carbocycles. The number of aryl methyl sites for hydroxylation is 1. The summed E-state index contributed by atoms with van der Waals surface area (Å²) in [6.45, 7) is 6.45. The smallest absolute Gasteiger partial charge is 0.325 e. The quantitative estimate of drug-likeness (QED) is 0.491. The Bertz CT molecular complexity index is 995. The molecule has 1 aromatic heterocycles. The summed E-state index contributed by atoms with van der Waals surface area (Å²) in [6.07, 6.45) is 0.361. The number of carbonyl (C=O) groups excluding carboxylic acids is 3. The van der Waals surface area contributed by atoms with E-state index in [1.165, 1.54) is 0 Å². The molecule has 1 N–H and O–H groups in total. The molecule has 1 fully saturated rings. The van der Waals surface area contributed by atoms with Crippen LogP contribution in [-0.4, -0.2) is 54.6 Å². The highest BCUT2D eigenvalue weighted by molar-refractivity contribution is 6.11. The van der Waals surface area contributed by atoms with Crippen LogP contribution in [0.15, 0.2) is 30.3 Å². The summed E-state index contributed by atoms with van der Waals surface area (Å²) in [5.41, 5.74) is 1.69. The minimum absolute atomic E-state index is 0.276. The molecule has 8 heteroatoms. The molecule has 31 heavy (non-hydrogen) atoms. The second kappa shape index (κ2) is 8.93. The molecule has 1 atom stereocenters. The molecule has 0 aliphatic carbocycles. The van der Waals surface area contributed by atoms with E-state index in [4.69, 9.17) is 9.47 Å². The van der Waals surface area contributed by atoms with E-state index in [9.17, 15) is 14.4 Å². The third-order valence-corrected chi connectivity index (χ3v) is 5.98. The third kappa shape index (κ3) is 3.95. The highest BCUT2D eigenvalue weighted by atomic mass is 16.5. The fourth-order valence-corrected chi connectivity index (χ4v) is 4.12. The van der Waals surface area contributed by atoms with Gasteiger partial charge in [-0.1, -0.05) is 19.1 Å². The lowest BCUT2D eigenvalue weighted by atomic mass is 9.87. The number of aromatic nitrogens is 1. The van der Waals surface area contributed by atoms with Crippen molar-refractivity contribution in [1.29, 1.82) is 0 Å². The Hall–Kier alpha value is -3.13. The maximum absolute atomic E-state index is 13.3. The van der Waals surface area contributed by atoms with E-state index in [1.54, 1.807) is 44.6 Å². The Labute approximate surface area is 182 Å². The van der Waals surface area contributed by atoms with E-state index in [2.05, 4.69) is 5.32 Å². The predicted molar refractivity (Wildman–Crippen MR) is 115 cm³/mol. The summed E-state index contributed by atoms with van der Waals surface area (Å²) < 4.78 is 12.3. The topological polar surface area (TPSA) is 89.9 Å². The zero-order chi connectivity index (χ0) is 22.8. The molecular formula is C23H29N3O5. The Kier molecular flexibility index (Phi) is 6.50. The van der Waals surface area contributed by atoms with Crippen LogP contribution in [0.4, 0.5) is 4.79 Å². The summed E-state index contributed by atoms with van der Waals surface area (Å²) in [7, 11) is 3.19. The van der Waals surface area contributed by atoms with Crippen molar-refractivity contribution < 1.29 is 23.9 Å². The van der Waals surface area contributed by atoms with Gasteiger partial charge in [0.05, 0.1) is 20.3 Å². The number of carbonyl (C=O) groups is 3. The molecule has 0 unspecified atom stereocenters. The summed E-state index contributed by atoms with van der Waals surface area (Å²) in [6, 6.07) is 8.24. The summed E-state index contributed by atoms with van der Waals surface area (Å²) in [4.78, 5) is 40.1. The number of hydrogen-bond donors (Lipinski definition) is 1. The number of rotatable bonds is 9. The van der Waals surface area contributed by atoms with Gasteiger partial charge in [-0.3, -0.25) is 14.5 Å². The van der Waals surface area contributed by atoms with Crippen LogP contribution >= 0.6 is 0 Å². The fourth-order valence-electron chi connectivity index (χ4n) is 4.12. The highest BCUT2D eigenvalue weighted by Crippen LogP contribution is 2.33. The van der Waals surface area contributed by atoms with Crippen molar-refractivity contribution in [3.8, 4) is 5.75 Å². The molecule has 3 amide bonds. The normalized spacial score (nSPS) is 18.4. The zero-order valence-electron chi connectivity index (χ0n) is 18.7. The van der Waals surface area contributed by atoms with Gasteiger partial charge in [-0.15, -0.1) is 0 Å². The number of nitrogens with zero attached hydrogens (tertiary/aromatic N) is 2. The van der Waals surface area contributed by atoms with Crippen molar-refractivity contribution in [3.63, 3.8) is 0 Å². The standard InChI is InChI=1S/C23H29N3O5/c1-6-23(17-7-9-18(31-5)10-8-17)21(28)26(22(29)24-23)14-20(27)19-13-15(2)25(16(19)3)11-12-30-4/h7-10,13H,6,11-12,14H2,1-5H3,(H,24,29)/t23-/m0/s1. The SMILES string of the molecule is CC[C@@]1(c2ccc(OC)cc2)NC(=O)N(CC(=O)c2cc(C)n(CCOC)c2C)C1=O. The number of ketones is 1. The first-order chi connectivity index (χ1) is 14.8. The number of amides is 3. The largest absolute Gasteiger partial charge is 0.497 e. The molecule has 2 heterocycles. The highest BCUT2D eigenvalue weighted by Gasteiger charge is 2.51. The molecule has 1 aliphatic heterocycles. The minimum Gasteiger partial charge on any atom is -0.497 e. The first-order valence-corrected chi connectivity index (χ1v) is 10.3. The van der Waals surface area contributed by atoms with Crippen molar-refractivity contribution in [3.05, 3.63) is 52.8 Å². The van der Waals surface area contributed by atoms with Crippen molar-refractivity contribution in [2.75, 3.05) is 27.4 Å². The van der Waals surface area contributed by atoms with Gasteiger partial charge < -0.3 is 19.4 Å². The van der Waals surface area contributed by atoms with Crippen LogP contribution in [0.1, 0.15) is 40.7 Å². The number of urea groups is 1. The lowest BCUT2D eigenvalue weighted by Gasteiger charge is -2.26. The lowest BCUT2D eigenvalue weighted by Crippen LogP contribution is -2.43. The monoisotopic (exact) mass is 427 g/mol. The number of methoxy groups -OCH3 is 2. The average molecular weight is 428 g/mol. The molecule has 1 aromatic carbocycles. The van der Waals surface area contributed by atoms with Gasteiger partial charge in [0, 0.05) is 30.6 Å². The second-order valence-electron chi connectivity index (χ2n) is 7.66. The Morgan fingerprint density at radius 2 is 1.81 bits per heavy atom. The van der Waals surface area contributed by atoms with E-state index in [-0.39, 0.29) is 12.3 Å². The van der Waals surface area contributed by atoms with Crippen LogP contribution in [0, 0.1) is 13.8 Å². The second-order valence-corrected chi connectivity index (χ2v) is 7.66. The number of hydrogen-bond acceptors (Lipinski definition) is 5. The molecule has 0 spiro atoms. The third-order valence-electron chi connectivity index (χ3n) is 5.98. The Balaban J connectivity index is 1.85. The molecule has 0 bridgehead atoms. The van der Waals surface area contributed by atoms with Gasteiger partial charge in [0.15, 0.2) is 5.78 Å². The maximum atomic E-state index is 13.3. The zero-order valence-corrected chi connectivity index (χ0v) is 18.7. The molecule has 2 aromatic rings. The summed E-state index contributed by atoms with van der Waals surface area (Å²) in [5.74, 6) is -0.0451. The summed E-state index contributed by atoms with van der Waals surface area (Å²) >= 11 is 0. The van der Waals surface area contributed by atoms with Crippen molar-refractivity contribution in [2.45, 2.75) is 39.3 Å². The van der Waals surface area contributed by atoms with Crippen LogP contribution < -0.4 is 10.1 Å². The van der Waals surface area contributed by atoms with Crippen LogP contribution in [0.25, 0.3) is 0 Å². The van der Waals surface area contributed by atoms with E-state index in [0.717, 1.165) is 16.3 Å².